The predicted octanol–water partition coefficient (Wildman–Crippen LogP) is 4.37. The van der Waals surface area contributed by atoms with Crippen LogP contribution in [0.2, 0.25) is 0 Å². The molecule has 1 atom stereocenters. The number of benzene rings is 2. The minimum absolute atomic E-state index is 0.0222. The van der Waals surface area contributed by atoms with Crippen LogP contribution in [-0.4, -0.2) is 36.9 Å². The van der Waals surface area contributed by atoms with Gasteiger partial charge in [-0.2, -0.15) is 9.57 Å². The summed E-state index contributed by atoms with van der Waals surface area (Å²) >= 11 is 0. The van der Waals surface area contributed by atoms with E-state index in [-0.39, 0.29) is 28.8 Å². The van der Waals surface area contributed by atoms with Crippen LogP contribution in [0.4, 0.5) is 5.69 Å². The van der Waals surface area contributed by atoms with Gasteiger partial charge >= 0.3 is 0 Å². The minimum atomic E-state index is -3.93. The van der Waals surface area contributed by atoms with Crippen LogP contribution < -0.4 is 5.32 Å². The third kappa shape index (κ3) is 5.50. The smallest absolute Gasteiger partial charge is 0.248 e. The van der Waals surface area contributed by atoms with Crippen LogP contribution in [0.25, 0.3) is 12.2 Å². The molecule has 1 saturated heterocycles. The molecule has 2 heterocycles. The quantitative estimate of drug-likeness (QED) is 0.548. The topological polar surface area (TPSA) is 116 Å². The average molecular weight is 491 g/mol. The van der Waals surface area contributed by atoms with E-state index in [1.807, 2.05) is 37.3 Å². The van der Waals surface area contributed by atoms with Gasteiger partial charge in [-0.25, -0.2) is 8.42 Å². The molecule has 3 aromatic rings. The Bertz CT molecular complexity index is 1380. The molecule has 4 rings (SSSR count). The van der Waals surface area contributed by atoms with Gasteiger partial charge in [0.05, 0.1) is 17.6 Å². The van der Waals surface area contributed by atoms with Crippen molar-refractivity contribution in [1.82, 2.24) is 9.46 Å². The number of sulfonamides is 1. The third-order valence-electron chi connectivity index (χ3n) is 5.97. The molecule has 9 heteroatoms. The molecular formula is C26H26N4O4S. The van der Waals surface area contributed by atoms with E-state index >= 15 is 0 Å². The number of nitrogens with one attached hydrogen (secondary N) is 1. The lowest BCUT2D eigenvalue weighted by molar-refractivity contribution is -0.120. The fourth-order valence-electron chi connectivity index (χ4n) is 4.02. The van der Waals surface area contributed by atoms with Crippen molar-refractivity contribution in [2.24, 2.45) is 5.92 Å². The van der Waals surface area contributed by atoms with Gasteiger partial charge in [-0.3, -0.25) is 4.79 Å². The Morgan fingerprint density at radius 1 is 1.14 bits per heavy atom. The second kappa shape index (κ2) is 10.3. The largest absolute Gasteiger partial charge is 0.355 e. The Kier molecular flexibility index (Phi) is 7.15. The van der Waals surface area contributed by atoms with Gasteiger partial charge in [0.1, 0.15) is 5.69 Å². The lowest BCUT2D eigenvalue weighted by Gasteiger charge is -2.31. The van der Waals surface area contributed by atoms with Crippen molar-refractivity contribution in [3.05, 3.63) is 76.7 Å². The molecule has 1 aliphatic rings. The molecule has 0 aliphatic carbocycles. The van der Waals surface area contributed by atoms with E-state index in [9.17, 15) is 13.2 Å². The molecule has 8 nitrogen and oxygen atoms in total. The summed E-state index contributed by atoms with van der Waals surface area (Å²) in [5.41, 5.74) is 3.37. The van der Waals surface area contributed by atoms with E-state index in [0.717, 1.165) is 11.1 Å². The molecule has 35 heavy (non-hydrogen) atoms. The normalized spacial score (nSPS) is 16.8. The monoisotopic (exact) mass is 490 g/mol. The SMILES string of the molecule is Cc1ccc(C=Cc2onc(C)c2S(=O)(=O)N2CCCC(C(=O)Nc3ccc(C#N)cc3)C2)cc1. The van der Waals surface area contributed by atoms with Crippen LogP contribution in [0.1, 0.15) is 41.0 Å². The molecule has 1 aromatic heterocycles. The van der Waals surface area contributed by atoms with Crippen molar-refractivity contribution in [1.29, 1.82) is 5.26 Å². The maximum atomic E-state index is 13.6. The number of aromatic nitrogens is 1. The average Bonchev–Trinajstić information content (AvgIpc) is 3.25. The standard InChI is InChI=1S/C26H26N4O4S/c1-18-5-7-20(8-6-18)11-14-24-25(19(2)29-34-24)35(32,33)30-15-3-4-22(17-30)26(31)28-23-12-9-21(16-27)10-13-23/h5-14,22H,3-4,15,17H2,1-2H3,(H,28,31). The first-order valence-corrected chi connectivity index (χ1v) is 12.7. The summed E-state index contributed by atoms with van der Waals surface area (Å²) in [6.45, 7) is 3.97. The van der Waals surface area contributed by atoms with Crippen LogP contribution in [0, 0.1) is 31.1 Å². The van der Waals surface area contributed by atoms with Gasteiger partial charge in [-0.05, 0) is 62.6 Å². The highest BCUT2D eigenvalue weighted by molar-refractivity contribution is 7.89. The molecule has 1 aliphatic heterocycles. The number of anilines is 1. The van der Waals surface area contributed by atoms with Gasteiger partial charge < -0.3 is 9.84 Å². The maximum Gasteiger partial charge on any atom is 0.248 e. The molecule has 1 unspecified atom stereocenters. The summed E-state index contributed by atoms with van der Waals surface area (Å²) in [6, 6.07) is 16.4. The van der Waals surface area contributed by atoms with Crippen molar-refractivity contribution in [2.75, 3.05) is 18.4 Å². The second-order valence-corrected chi connectivity index (χ2v) is 10.5. The van der Waals surface area contributed by atoms with Gasteiger partial charge in [0, 0.05) is 18.8 Å². The highest BCUT2D eigenvalue weighted by Crippen LogP contribution is 2.29. The van der Waals surface area contributed by atoms with Gasteiger partial charge in [-0.1, -0.05) is 41.1 Å². The zero-order valence-corrected chi connectivity index (χ0v) is 20.4. The summed E-state index contributed by atoms with van der Waals surface area (Å²) in [5, 5.41) is 15.6. The van der Waals surface area contributed by atoms with Gasteiger partial charge in [0.2, 0.25) is 15.9 Å². The number of hydrogen-bond acceptors (Lipinski definition) is 6. The minimum Gasteiger partial charge on any atom is -0.355 e. The first kappa shape index (κ1) is 24.4. The fourth-order valence-corrected chi connectivity index (χ4v) is 5.80. The maximum absolute atomic E-state index is 13.6. The number of nitrogens with zero attached hydrogens (tertiary/aromatic N) is 3. The molecule has 0 spiro atoms. The number of piperidine rings is 1. The number of carbonyl (C=O) groups is 1. The van der Waals surface area contributed by atoms with Gasteiger partial charge in [0.25, 0.3) is 0 Å². The number of rotatable bonds is 6. The molecule has 0 radical (unpaired) electrons. The van der Waals surface area contributed by atoms with Crippen LogP contribution >= 0.6 is 0 Å². The number of aryl methyl sites for hydroxylation is 2. The van der Waals surface area contributed by atoms with E-state index in [1.54, 1.807) is 43.3 Å². The number of hydrogen-bond donors (Lipinski definition) is 1. The van der Waals surface area contributed by atoms with Crippen molar-refractivity contribution in [3.63, 3.8) is 0 Å². The van der Waals surface area contributed by atoms with Crippen molar-refractivity contribution >= 4 is 33.8 Å². The summed E-state index contributed by atoms with van der Waals surface area (Å²) < 4.78 is 33.8. The summed E-state index contributed by atoms with van der Waals surface area (Å²) in [5.74, 6) is -0.593. The highest BCUT2D eigenvalue weighted by atomic mass is 32.2. The van der Waals surface area contributed by atoms with E-state index in [0.29, 0.717) is 30.6 Å². The lowest BCUT2D eigenvalue weighted by Crippen LogP contribution is -2.43. The summed E-state index contributed by atoms with van der Waals surface area (Å²) in [6.07, 6.45) is 4.53. The van der Waals surface area contributed by atoms with Crippen LogP contribution in [0.15, 0.2) is 57.9 Å². The second-order valence-electron chi connectivity index (χ2n) is 8.59. The Hall–Kier alpha value is -3.74. The Morgan fingerprint density at radius 2 is 1.86 bits per heavy atom. The number of amides is 1. The summed E-state index contributed by atoms with van der Waals surface area (Å²) in [4.78, 5) is 12.9. The van der Waals surface area contributed by atoms with Crippen molar-refractivity contribution in [3.8, 4) is 6.07 Å². The van der Waals surface area contributed by atoms with Crippen LogP contribution in [0.5, 0.6) is 0 Å². The first-order valence-electron chi connectivity index (χ1n) is 11.3. The fraction of sp³-hybridized carbons (Fsp3) is 0.269. The van der Waals surface area contributed by atoms with Crippen molar-refractivity contribution < 1.29 is 17.7 Å². The van der Waals surface area contributed by atoms with E-state index in [2.05, 4.69) is 10.5 Å². The molecule has 2 aromatic carbocycles. The molecule has 0 bridgehead atoms. The Morgan fingerprint density at radius 3 is 2.54 bits per heavy atom. The molecule has 0 saturated carbocycles. The molecule has 1 amide bonds. The van der Waals surface area contributed by atoms with Crippen molar-refractivity contribution in [2.45, 2.75) is 31.6 Å². The van der Waals surface area contributed by atoms with Gasteiger partial charge in [-0.15, -0.1) is 0 Å². The Balaban J connectivity index is 1.51. The van der Waals surface area contributed by atoms with Crippen LogP contribution in [0.3, 0.4) is 0 Å². The lowest BCUT2D eigenvalue weighted by atomic mass is 9.98. The van der Waals surface area contributed by atoms with E-state index < -0.39 is 15.9 Å². The van der Waals surface area contributed by atoms with Gasteiger partial charge in [0.15, 0.2) is 10.7 Å². The number of nitriles is 1. The predicted molar refractivity (Wildman–Crippen MR) is 133 cm³/mol. The Labute approximate surface area is 204 Å². The molecular weight excluding hydrogens is 464 g/mol. The van der Waals surface area contributed by atoms with E-state index in [4.69, 9.17) is 9.78 Å². The first-order chi connectivity index (χ1) is 16.8. The third-order valence-corrected chi connectivity index (χ3v) is 8.00. The zero-order valence-electron chi connectivity index (χ0n) is 19.6. The molecule has 180 valence electrons. The summed E-state index contributed by atoms with van der Waals surface area (Å²) in [7, 11) is -3.93. The highest BCUT2D eigenvalue weighted by Gasteiger charge is 2.37. The van der Waals surface area contributed by atoms with E-state index in [1.165, 1.54) is 4.31 Å². The number of carbonyl (C=O) groups excluding carboxylic acids is 1. The zero-order chi connectivity index (χ0) is 25.0. The molecule has 1 N–H and O–H groups in total. The molecule has 1 fully saturated rings. The van der Waals surface area contributed by atoms with Crippen LogP contribution in [-0.2, 0) is 14.8 Å².